The molecule has 0 aromatic heterocycles. The summed E-state index contributed by atoms with van der Waals surface area (Å²) >= 11 is 0. The SMILES string of the molecule is CC(C)(C)OC(=O)OC(=O)[C@@H](N)Cc1ccc(OC(=O)OC(C)(C)C)cc1. The molecule has 0 saturated carbocycles. The second kappa shape index (κ2) is 8.85. The fourth-order valence-electron chi connectivity index (χ4n) is 1.83. The molecule has 8 nitrogen and oxygen atoms in total. The van der Waals surface area contributed by atoms with Gasteiger partial charge in [-0.2, -0.15) is 0 Å². The lowest BCUT2D eigenvalue weighted by Crippen LogP contribution is -2.37. The van der Waals surface area contributed by atoms with Gasteiger partial charge in [0.25, 0.3) is 0 Å². The van der Waals surface area contributed by atoms with Gasteiger partial charge in [-0.15, -0.1) is 0 Å². The number of carbonyl (C=O) groups excluding carboxylic acids is 3. The summed E-state index contributed by atoms with van der Waals surface area (Å²) in [7, 11) is 0. The summed E-state index contributed by atoms with van der Waals surface area (Å²) in [4.78, 5) is 35.0. The highest BCUT2D eigenvalue weighted by Crippen LogP contribution is 2.16. The molecule has 150 valence electrons. The first-order chi connectivity index (χ1) is 12.2. The molecule has 0 aliphatic rings. The van der Waals surface area contributed by atoms with Crippen LogP contribution in [0.1, 0.15) is 47.1 Å². The average Bonchev–Trinajstić information content (AvgIpc) is 2.45. The van der Waals surface area contributed by atoms with Gasteiger partial charge in [-0.05, 0) is 65.7 Å². The van der Waals surface area contributed by atoms with Gasteiger partial charge in [0.15, 0.2) is 0 Å². The fraction of sp³-hybridized carbons (Fsp3) is 0.526. The van der Waals surface area contributed by atoms with Crippen LogP contribution in [0.3, 0.4) is 0 Å². The first-order valence-corrected chi connectivity index (χ1v) is 8.45. The molecule has 0 radical (unpaired) electrons. The second-order valence-corrected chi connectivity index (χ2v) is 7.91. The maximum Gasteiger partial charge on any atom is 0.516 e. The van der Waals surface area contributed by atoms with Crippen molar-refractivity contribution in [2.75, 3.05) is 0 Å². The normalized spacial score (nSPS) is 12.7. The number of ether oxygens (including phenoxy) is 4. The number of carbonyl (C=O) groups is 3. The highest BCUT2D eigenvalue weighted by molar-refractivity contribution is 5.85. The van der Waals surface area contributed by atoms with E-state index in [1.165, 1.54) is 0 Å². The van der Waals surface area contributed by atoms with Crippen LogP contribution in [-0.2, 0) is 25.4 Å². The van der Waals surface area contributed by atoms with Gasteiger partial charge in [-0.3, -0.25) is 0 Å². The third kappa shape index (κ3) is 9.60. The van der Waals surface area contributed by atoms with E-state index in [1.807, 2.05) is 0 Å². The molecule has 0 heterocycles. The first kappa shape index (κ1) is 22.4. The van der Waals surface area contributed by atoms with Crippen LogP contribution in [0.25, 0.3) is 0 Å². The maximum absolute atomic E-state index is 11.9. The van der Waals surface area contributed by atoms with E-state index in [4.69, 9.17) is 19.9 Å². The summed E-state index contributed by atoms with van der Waals surface area (Å²) in [5.41, 5.74) is 5.03. The van der Waals surface area contributed by atoms with Crippen LogP contribution < -0.4 is 10.5 Å². The lowest BCUT2D eigenvalue weighted by atomic mass is 10.1. The van der Waals surface area contributed by atoms with Crippen LogP contribution in [0.15, 0.2) is 24.3 Å². The molecule has 1 atom stereocenters. The molecule has 0 saturated heterocycles. The quantitative estimate of drug-likeness (QED) is 0.480. The smallest absolute Gasteiger partial charge is 0.428 e. The number of esters is 1. The number of benzene rings is 1. The topological polar surface area (TPSA) is 114 Å². The van der Waals surface area contributed by atoms with Gasteiger partial charge in [0.05, 0.1) is 0 Å². The van der Waals surface area contributed by atoms with Gasteiger partial charge in [-0.1, -0.05) is 12.1 Å². The molecule has 0 fully saturated rings. The van der Waals surface area contributed by atoms with Crippen LogP contribution >= 0.6 is 0 Å². The van der Waals surface area contributed by atoms with Crippen molar-refractivity contribution in [2.45, 2.75) is 65.2 Å². The zero-order chi connectivity index (χ0) is 20.8. The van der Waals surface area contributed by atoms with Gasteiger partial charge in [0, 0.05) is 0 Å². The molecule has 0 aliphatic carbocycles. The molecule has 1 aromatic carbocycles. The molecular weight excluding hydrogens is 354 g/mol. The second-order valence-electron chi connectivity index (χ2n) is 7.91. The molecule has 0 unspecified atom stereocenters. The fourth-order valence-corrected chi connectivity index (χ4v) is 1.83. The number of hydrogen-bond donors (Lipinski definition) is 1. The van der Waals surface area contributed by atoms with E-state index in [-0.39, 0.29) is 12.2 Å². The highest BCUT2D eigenvalue weighted by Gasteiger charge is 2.24. The van der Waals surface area contributed by atoms with Crippen molar-refractivity contribution < 1.29 is 33.3 Å². The van der Waals surface area contributed by atoms with E-state index in [0.717, 1.165) is 0 Å². The minimum Gasteiger partial charge on any atom is -0.428 e. The molecule has 0 aliphatic heterocycles. The Bertz CT molecular complexity index is 669. The van der Waals surface area contributed by atoms with Crippen LogP contribution in [0, 0.1) is 0 Å². The van der Waals surface area contributed by atoms with E-state index in [9.17, 15) is 14.4 Å². The Hall–Kier alpha value is -2.61. The largest absolute Gasteiger partial charge is 0.516 e. The van der Waals surface area contributed by atoms with Gasteiger partial charge >= 0.3 is 18.3 Å². The molecular formula is C19H27NO7. The molecule has 0 bridgehead atoms. The predicted molar refractivity (Wildman–Crippen MR) is 97.3 cm³/mol. The van der Waals surface area contributed by atoms with Crippen molar-refractivity contribution in [3.8, 4) is 5.75 Å². The van der Waals surface area contributed by atoms with E-state index >= 15 is 0 Å². The first-order valence-electron chi connectivity index (χ1n) is 8.45. The molecule has 0 spiro atoms. The Morgan fingerprint density at radius 2 is 1.37 bits per heavy atom. The molecule has 27 heavy (non-hydrogen) atoms. The third-order valence-electron chi connectivity index (χ3n) is 2.85. The molecule has 0 amide bonds. The third-order valence-corrected chi connectivity index (χ3v) is 2.85. The van der Waals surface area contributed by atoms with Crippen LogP contribution in [0.2, 0.25) is 0 Å². The number of hydrogen-bond acceptors (Lipinski definition) is 8. The van der Waals surface area contributed by atoms with Crippen LogP contribution in [0.5, 0.6) is 5.75 Å². The van der Waals surface area contributed by atoms with Crippen LogP contribution in [0.4, 0.5) is 9.59 Å². The number of nitrogens with two attached hydrogens (primary N) is 1. The zero-order valence-electron chi connectivity index (χ0n) is 16.5. The Morgan fingerprint density at radius 1 is 0.889 bits per heavy atom. The van der Waals surface area contributed by atoms with Gasteiger partial charge in [0.1, 0.15) is 23.0 Å². The lowest BCUT2D eigenvalue weighted by Gasteiger charge is -2.19. The summed E-state index contributed by atoms with van der Waals surface area (Å²) in [5, 5.41) is 0. The molecule has 2 N–H and O–H groups in total. The summed E-state index contributed by atoms with van der Waals surface area (Å²) in [6.07, 6.45) is -1.77. The summed E-state index contributed by atoms with van der Waals surface area (Å²) in [6, 6.07) is 5.33. The Labute approximate surface area is 158 Å². The van der Waals surface area contributed by atoms with E-state index in [1.54, 1.807) is 65.8 Å². The zero-order valence-corrected chi connectivity index (χ0v) is 16.5. The minimum atomic E-state index is -1.09. The Balaban J connectivity index is 2.55. The lowest BCUT2D eigenvalue weighted by molar-refractivity contribution is -0.142. The standard InChI is InChI=1S/C19H27NO7/c1-18(2,3)26-16(22)24-13-9-7-12(8-10-13)11-14(20)15(21)25-17(23)27-19(4,5)6/h7-10,14H,11,20H2,1-6H3/t14-/m0/s1. The van der Waals surface area contributed by atoms with Gasteiger partial charge in [0.2, 0.25) is 0 Å². The van der Waals surface area contributed by atoms with E-state index in [2.05, 4.69) is 4.74 Å². The Morgan fingerprint density at radius 3 is 1.85 bits per heavy atom. The molecule has 8 heteroatoms. The minimum absolute atomic E-state index is 0.133. The van der Waals surface area contributed by atoms with Crippen molar-refractivity contribution in [3.05, 3.63) is 29.8 Å². The van der Waals surface area contributed by atoms with Gasteiger partial charge in [-0.25, -0.2) is 14.4 Å². The maximum atomic E-state index is 11.9. The van der Waals surface area contributed by atoms with E-state index in [0.29, 0.717) is 5.56 Å². The van der Waals surface area contributed by atoms with Gasteiger partial charge < -0.3 is 24.7 Å². The highest BCUT2D eigenvalue weighted by atomic mass is 16.7. The summed E-state index contributed by atoms with van der Waals surface area (Å²) in [5.74, 6) is -0.601. The molecule has 1 aromatic rings. The monoisotopic (exact) mass is 381 g/mol. The van der Waals surface area contributed by atoms with Crippen LogP contribution in [-0.4, -0.2) is 35.5 Å². The number of rotatable bonds is 4. The summed E-state index contributed by atoms with van der Waals surface area (Å²) < 4.78 is 19.6. The van der Waals surface area contributed by atoms with Crippen molar-refractivity contribution in [2.24, 2.45) is 5.73 Å². The Kier molecular flexibility index (Phi) is 7.36. The average molecular weight is 381 g/mol. The molecule has 1 rings (SSSR count). The predicted octanol–water partition coefficient (Wildman–Crippen LogP) is 3.35. The van der Waals surface area contributed by atoms with E-state index < -0.39 is 35.5 Å². The van der Waals surface area contributed by atoms with Crippen molar-refractivity contribution >= 4 is 18.3 Å². The van der Waals surface area contributed by atoms with Crippen molar-refractivity contribution in [3.63, 3.8) is 0 Å². The van der Waals surface area contributed by atoms with Crippen molar-refractivity contribution in [1.82, 2.24) is 0 Å². The van der Waals surface area contributed by atoms with Crippen molar-refractivity contribution in [1.29, 1.82) is 0 Å². The summed E-state index contributed by atoms with van der Waals surface area (Å²) in [6.45, 7) is 10.2.